The molecule has 0 saturated carbocycles. The molecule has 1 amide bonds. The molecular weight excluding hydrogens is 414 g/mol. The molecule has 0 unspecified atom stereocenters. The molecule has 0 saturated heterocycles. The van der Waals surface area contributed by atoms with Crippen LogP contribution in [-0.4, -0.2) is 40.8 Å². The minimum Gasteiger partial charge on any atom is -0.443 e. The Labute approximate surface area is 167 Å². The Kier molecular flexibility index (Phi) is 7.04. The second-order valence-corrected chi connectivity index (χ2v) is 7.85. The zero-order chi connectivity index (χ0) is 20.0. The van der Waals surface area contributed by atoms with E-state index in [4.69, 9.17) is 9.57 Å². The summed E-state index contributed by atoms with van der Waals surface area (Å²) in [6.45, 7) is 5.69. The lowest BCUT2D eigenvalue weighted by atomic mass is 10.2. The van der Waals surface area contributed by atoms with Gasteiger partial charge in [0.05, 0.1) is 6.54 Å². The van der Waals surface area contributed by atoms with Crippen molar-refractivity contribution in [2.75, 3.05) is 18.9 Å². The largest absolute Gasteiger partial charge is 0.443 e. The summed E-state index contributed by atoms with van der Waals surface area (Å²) in [6.07, 6.45) is 2.76. The normalized spacial score (nSPS) is 11.1. The van der Waals surface area contributed by atoms with Gasteiger partial charge in [-0.05, 0) is 56.7 Å². The van der Waals surface area contributed by atoms with Gasteiger partial charge in [0.1, 0.15) is 12.2 Å². The number of hydroxylamine groups is 2. The summed E-state index contributed by atoms with van der Waals surface area (Å²) in [4.78, 5) is 29.6. The first kappa shape index (κ1) is 21.0. The van der Waals surface area contributed by atoms with E-state index in [2.05, 4.69) is 21.2 Å². The van der Waals surface area contributed by atoms with E-state index in [0.717, 1.165) is 15.7 Å². The van der Waals surface area contributed by atoms with Gasteiger partial charge in [0.15, 0.2) is 0 Å². The van der Waals surface area contributed by atoms with E-state index in [-0.39, 0.29) is 19.1 Å². The van der Waals surface area contributed by atoms with Crippen molar-refractivity contribution in [1.82, 2.24) is 9.63 Å². The predicted octanol–water partition coefficient (Wildman–Crippen LogP) is 4.04. The Hall–Kier alpha value is -2.32. The van der Waals surface area contributed by atoms with Crippen molar-refractivity contribution >= 4 is 33.6 Å². The van der Waals surface area contributed by atoms with Crippen LogP contribution in [0, 0.1) is 0 Å². The van der Waals surface area contributed by atoms with Gasteiger partial charge in [-0.1, -0.05) is 15.9 Å². The average molecular weight is 438 g/mol. The average Bonchev–Trinajstić information content (AvgIpc) is 3.06. The van der Waals surface area contributed by atoms with Crippen LogP contribution in [0.4, 0.5) is 10.5 Å². The van der Waals surface area contributed by atoms with Gasteiger partial charge >= 0.3 is 6.09 Å². The van der Waals surface area contributed by atoms with E-state index in [1.807, 2.05) is 24.3 Å². The Bertz CT molecular complexity index is 781. The van der Waals surface area contributed by atoms with Crippen molar-refractivity contribution in [2.24, 2.45) is 0 Å². The minimum atomic E-state index is -0.563. The quantitative estimate of drug-likeness (QED) is 0.690. The highest BCUT2D eigenvalue weighted by Gasteiger charge is 2.18. The third-order valence-corrected chi connectivity index (χ3v) is 3.95. The molecule has 0 fully saturated rings. The number of carbonyl (C=O) groups is 2. The predicted molar refractivity (Wildman–Crippen MR) is 106 cm³/mol. The van der Waals surface area contributed by atoms with Crippen LogP contribution >= 0.6 is 15.9 Å². The lowest BCUT2D eigenvalue weighted by Gasteiger charge is -2.19. The van der Waals surface area contributed by atoms with E-state index < -0.39 is 11.7 Å². The van der Waals surface area contributed by atoms with Crippen LogP contribution in [0.3, 0.4) is 0 Å². The summed E-state index contributed by atoms with van der Waals surface area (Å²) in [5, 5.41) is 4.21. The number of aromatic nitrogens is 1. The van der Waals surface area contributed by atoms with Crippen molar-refractivity contribution in [2.45, 2.75) is 33.0 Å². The number of nitrogens with one attached hydrogen (secondary N) is 1. The molecule has 0 aliphatic heterocycles. The Morgan fingerprint density at radius 2 is 1.85 bits per heavy atom. The first-order chi connectivity index (χ1) is 12.6. The maximum absolute atomic E-state index is 12.1. The number of rotatable bonds is 6. The van der Waals surface area contributed by atoms with Crippen molar-refractivity contribution in [1.29, 1.82) is 0 Å². The molecule has 0 radical (unpaired) electrons. The first-order valence-corrected chi connectivity index (χ1v) is 9.22. The summed E-state index contributed by atoms with van der Waals surface area (Å²) >= 11 is 3.36. The van der Waals surface area contributed by atoms with Crippen molar-refractivity contribution in [3.63, 3.8) is 0 Å². The highest BCUT2D eigenvalue weighted by molar-refractivity contribution is 9.10. The molecule has 0 spiro atoms. The van der Waals surface area contributed by atoms with Crippen LogP contribution in [0.2, 0.25) is 0 Å². The molecule has 0 aliphatic rings. The highest BCUT2D eigenvalue weighted by Crippen LogP contribution is 2.14. The van der Waals surface area contributed by atoms with Crippen LogP contribution in [0.5, 0.6) is 0 Å². The molecule has 2 rings (SSSR count). The molecule has 1 aromatic carbocycles. The highest BCUT2D eigenvalue weighted by atomic mass is 79.9. The van der Waals surface area contributed by atoms with Gasteiger partial charge in [0.25, 0.3) is 5.91 Å². The number of amides is 1. The zero-order valence-corrected chi connectivity index (χ0v) is 17.4. The molecule has 27 heavy (non-hydrogen) atoms. The topological polar surface area (TPSA) is 72.8 Å². The molecule has 1 N–H and O–H groups in total. The molecule has 0 atom stereocenters. The molecular formula is C19H24BrN3O4. The fraction of sp³-hybridized carbons (Fsp3) is 0.368. The fourth-order valence-electron chi connectivity index (χ4n) is 2.05. The van der Waals surface area contributed by atoms with Gasteiger partial charge in [-0.3, -0.25) is 14.2 Å². The summed E-state index contributed by atoms with van der Waals surface area (Å²) < 4.78 is 7.61. The number of ether oxygens (including phenoxy) is 1. The molecule has 7 nitrogen and oxygen atoms in total. The number of hydrogen-bond donors (Lipinski definition) is 1. The minimum absolute atomic E-state index is 0.108. The molecule has 1 aromatic heterocycles. The summed E-state index contributed by atoms with van der Waals surface area (Å²) in [5.41, 5.74) is 1.03. The number of halogens is 1. The molecule has 8 heteroatoms. The van der Waals surface area contributed by atoms with Crippen molar-refractivity contribution in [3.8, 4) is 0 Å². The van der Waals surface area contributed by atoms with Gasteiger partial charge in [-0.2, -0.15) is 0 Å². The van der Waals surface area contributed by atoms with E-state index >= 15 is 0 Å². The van der Waals surface area contributed by atoms with Gasteiger partial charge in [0, 0.05) is 29.6 Å². The molecule has 0 aliphatic carbocycles. The second-order valence-electron chi connectivity index (χ2n) is 6.93. The number of anilines is 1. The Morgan fingerprint density at radius 1 is 1.19 bits per heavy atom. The van der Waals surface area contributed by atoms with E-state index in [1.54, 1.807) is 46.3 Å². The third kappa shape index (κ3) is 7.07. The lowest BCUT2D eigenvalue weighted by Crippen LogP contribution is -2.32. The Balaban J connectivity index is 1.79. The summed E-state index contributed by atoms with van der Waals surface area (Å²) in [7, 11) is 1.55. The maximum Gasteiger partial charge on any atom is 0.418 e. The summed E-state index contributed by atoms with van der Waals surface area (Å²) in [5.74, 6) is -0.218. The first-order valence-electron chi connectivity index (χ1n) is 8.43. The molecule has 146 valence electrons. The van der Waals surface area contributed by atoms with Crippen molar-refractivity contribution < 1.29 is 19.2 Å². The third-order valence-electron chi connectivity index (χ3n) is 3.42. The van der Waals surface area contributed by atoms with Gasteiger partial charge in [0.2, 0.25) is 0 Å². The smallest absolute Gasteiger partial charge is 0.418 e. The molecule has 1 heterocycles. The number of nitrogens with zero attached hydrogens (tertiary/aromatic N) is 2. The SMILES string of the molecule is CN(OCc1ccn(C(=O)OC(C)(C)C)c1)C(=O)CNc1ccc(Br)cc1. The monoisotopic (exact) mass is 437 g/mol. The number of benzene rings is 1. The Morgan fingerprint density at radius 3 is 2.48 bits per heavy atom. The number of carbonyl (C=O) groups excluding carboxylic acids is 2. The van der Waals surface area contributed by atoms with E-state index in [0.29, 0.717) is 0 Å². The fourth-order valence-corrected chi connectivity index (χ4v) is 2.32. The van der Waals surface area contributed by atoms with E-state index in [9.17, 15) is 9.59 Å². The van der Waals surface area contributed by atoms with Crippen LogP contribution in [-0.2, 0) is 21.0 Å². The number of likely N-dealkylation sites (N-methyl/N-ethyl adjacent to an activating group) is 1. The van der Waals surface area contributed by atoms with Crippen LogP contribution in [0.25, 0.3) is 0 Å². The van der Waals surface area contributed by atoms with E-state index in [1.165, 1.54) is 9.63 Å². The van der Waals surface area contributed by atoms with Gasteiger partial charge in [-0.15, -0.1) is 0 Å². The zero-order valence-electron chi connectivity index (χ0n) is 15.9. The van der Waals surface area contributed by atoms with Gasteiger partial charge in [-0.25, -0.2) is 9.86 Å². The number of hydrogen-bond acceptors (Lipinski definition) is 5. The lowest BCUT2D eigenvalue weighted by molar-refractivity contribution is -0.180. The van der Waals surface area contributed by atoms with Crippen LogP contribution in [0.1, 0.15) is 26.3 Å². The molecule has 0 bridgehead atoms. The van der Waals surface area contributed by atoms with Crippen molar-refractivity contribution in [3.05, 3.63) is 52.8 Å². The standard InChI is InChI=1S/C19H24BrN3O4/c1-19(2,3)27-18(25)23-10-9-14(12-23)13-26-22(4)17(24)11-21-16-7-5-15(20)6-8-16/h5-10,12,21H,11,13H2,1-4H3. The van der Waals surface area contributed by atoms with Gasteiger partial charge < -0.3 is 10.1 Å². The van der Waals surface area contributed by atoms with Crippen LogP contribution < -0.4 is 5.32 Å². The second kappa shape index (κ2) is 9.05. The maximum atomic E-state index is 12.1. The van der Waals surface area contributed by atoms with Crippen LogP contribution in [0.15, 0.2) is 47.2 Å². The molecule has 2 aromatic rings. The summed E-state index contributed by atoms with van der Waals surface area (Å²) in [6, 6.07) is 9.27.